The minimum atomic E-state index is 0.322. The van der Waals surface area contributed by atoms with Crippen molar-refractivity contribution in [2.75, 3.05) is 6.61 Å². The number of nitrogens with one attached hydrogen (secondary N) is 1. The first-order chi connectivity index (χ1) is 10.4. The summed E-state index contributed by atoms with van der Waals surface area (Å²) in [4.78, 5) is 0. The highest BCUT2D eigenvalue weighted by molar-refractivity contribution is 5.77. The fourth-order valence-corrected chi connectivity index (χ4v) is 2.90. The van der Waals surface area contributed by atoms with Crippen molar-refractivity contribution in [2.24, 2.45) is 0 Å². The summed E-state index contributed by atoms with van der Waals surface area (Å²) in [6.07, 6.45) is 0.983. The first-order valence-corrected chi connectivity index (χ1v) is 7.33. The van der Waals surface area contributed by atoms with Crippen molar-refractivity contribution < 1.29 is 9.15 Å². The summed E-state index contributed by atoms with van der Waals surface area (Å²) in [6, 6.07) is 18.8. The molecule has 0 unspecified atom stereocenters. The first-order valence-electron chi connectivity index (χ1n) is 7.33. The van der Waals surface area contributed by atoms with E-state index < -0.39 is 0 Å². The van der Waals surface area contributed by atoms with E-state index in [9.17, 15) is 0 Å². The maximum atomic E-state index is 5.85. The summed E-state index contributed by atoms with van der Waals surface area (Å²) in [5, 5.41) is 4.74. The summed E-state index contributed by atoms with van der Waals surface area (Å²) < 4.78 is 11.5. The standard InChI is InChI=1S/C18H17NO2/c1-3-7-17-13(5-1)11-14(21-17)12-19-16-9-10-20-18-8-4-2-6-15(16)18/h1-8,11,16,19H,9-10,12H2/t16-/m0/s1. The minimum Gasteiger partial charge on any atom is -0.493 e. The molecule has 1 aliphatic rings. The third kappa shape index (κ3) is 2.41. The van der Waals surface area contributed by atoms with Crippen LogP contribution in [0.2, 0.25) is 0 Å². The summed E-state index contributed by atoms with van der Waals surface area (Å²) >= 11 is 0. The Morgan fingerprint density at radius 1 is 1.05 bits per heavy atom. The molecule has 1 aliphatic heterocycles. The van der Waals surface area contributed by atoms with Crippen LogP contribution in [-0.2, 0) is 6.54 Å². The molecule has 0 spiro atoms. The molecule has 0 saturated heterocycles. The maximum absolute atomic E-state index is 5.85. The van der Waals surface area contributed by atoms with Gasteiger partial charge in [0.1, 0.15) is 17.1 Å². The van der Waals surface area contributed by atoms with Gasteiger partial charge in [-0.25, -0.2) is 0 Å². The lowest BCUT2D eigenvalue weighted by Gasteiger charge is -2.26. The van der Waals surface area contributed by atoms with Gasteiger partial charge in [-0.15, -0.1) is 0 Å². The molecule has 1 aromatic heterocycles. The number of ether oxygens (including phenoxy) is 1. The van der Waals surface area contributed by atoms with E-state index in [1.165, 1.54) is 5.56 Å². The topological polar surface area (TPSA) is 34.4 Å². The lowest BCUT2D eigenvalue weighted by Crippen LogP contribution is -2.26. The monoisotopic (exact) mass is 279 g/mol. The van der Waals surface area contributed by atoms with Crippen molar-refractivity contribution in [3.63, 3.8) is 0 Å². The van der Waals surface area contributed by atoms with Gasteiger partial charge in [-0.3, -0.25) is 0 Å². The van der Waals surface area contributed by atoms with E-state index in [1.807, 2.05) is 30.3 Å². The molecule has 0 radical (unpaired) electrons. The highest BCUT2D eigenvalue weighted by atomic mass is 16.5. The van der Waals surface area contributed by atoms with Gasteiger partial charge in [0.2, 0.25) is 0 Å². The van der Waals surface area contributed by atoms with Crippen molar-refractivity contribution >= 4 is 11.0 Å². The average Bonchev–Trinajstić information content (AvgIpc) is 2.96. The van der Waals surface area contributed by atoms with E-state index in [0.717, 1.165) is 42.1 Å². The van der Waals surface area contributed by atoms with Crippen LogP contribution in [-0.4, -0.2) is 6.61 Å². The van der Waals surface area contributed by atoms with E-state index >= 15 is 0 Å². The molecule has 4 rings (SSSR count). The van der Waals surface area contributed by atoms with Gasteiger partial charge >= 0.3 is 0 Å². The molecule has 106 valence electrons. The molecule has 0 aliphatic carbocycles. The number of furan rings is 1. The highest BCUT2D eigenvalue weighted by Gasteiger charge is 2.20. The fraction of sp³-hybridized carbons (Fsp3) is 0.222. The second-order valence-electron chi connectivity index (χ2n) is 5.36. The van der Waals surface area contributed by atoms with E-state index in [1.54, 1.807) is 0 Å². The van der Waals surface area contributed by atoms with Gasteiger partial charge in [-0.1, -0.05) is 36.4 Å². The zero-order chi connectivity index (χ0) is 14.1. The second-order valence-corrected chi connectivity index (χ2v) is 5.36. The number of para-hydroxylation sites is 2. The largest absolute Gasteiger partial charge is 0.493 e. The molecular formula is C18H17NO2. The van der Waals surface area contributed by atoms with Crippen LogP contribution in [0.1, 0.15) is 23.8 Å². The summed E-state index contributed by atoms with van der Waals surface area (Å²) in [5.74, 6) is 1.96. The van der Waals surface area contributed by atoms with Crippen LogP contribution in [0.4, 0.5) is 0 Å². The molecule has 0 saturated carbocycles. The predicted octanol–water partition coefficient (Wildman–Crippen LogP) is 4.05. The molecule has 0 fully saturated rings. The van der Waals surface area contributed by atoms with Crippen LogP contribution in [0, 0.1) is 0 Å². The highest BCUT2D eigenvalue weighted by Crippen LogP contribution is 2.31. The molecule has 3 heteroatoms. The second kappa shape index (κ2) is 5.26. The van der Waals surface area contributed by atoms with Crippen LogP contribution < -0.4 is 10.1 Å². The SMILES string of the molecule is c1ccc2c(c1)OCC[C@@H]2NCc1cc2ccccc2o1. The molecule has 21 heavy (non-hydrogen) atoms. The number of rotatable bonds is 3. The van der Waals surface area contributed by atoms with Crippen LogP contribution in [0.15, 0.2) is 59.0 Å². The third-order valence-electron chi connectivity index (χ3n) is 3.96. The Bertz CT molecular complexity index is 730. The zero-order valence-electron chi connectivity index (χ0n) is 11.7. The van der Waals surface area contributed by atoms with Crippen molar-refractivity contribution in [1.82, 2.24) is 5.32 Å². The predicted molar refractivity (Wildman–Crippen MR) is 82.3 cm³/mol. The zero-order valence-corrected chi connectivity index (χ0v) is 11.7. The molecular weight excluding hydrogens is 262 g/mol. The Hall–Kier alpha value is -2.26. The van der Waals surface area contributed by atoms with Crippen molar-refractivity contribution in [2.45, 2.75) is 19.0 Å². The molecule has 2 aromatic carbocycles. The molecule has 2 heterocycles. The molecule has 3 nitrogen and oxygen atoms in total. The number of hydrogen-bond acceptors (Lipinski definition) is 3. The Kier molecular flexibility index (Phi) is 3.13. The van der Waals surface area contributed by atoms with Gasteiger partial charge in [-0.05, 0) is 18.2 Å². The minimum absolute atomic E-state index is 0.322. The molecule has 1 N–H and O–H groups in total. The normalized spacial score (nSPS) is 17.4. The molecule has 3 aromatic rings. The summed E-state index contributed by atoms with van der Waals surface area (Å²) in [6.45, 7) is 1.49. The van der Waals surface area contributed by atoms with Gasteiger partial charge in [0.25, 0.3) is 0 Å². The first kappa shape index (κ1) is 12.5. The van der Waals surface area contributed by atoms with E-state index in [4.69, 9.17) is 9.15 Å². The van der Waals surface area contributed by atoms with Crippen LogP contribution in [0.5, 0.6) is 5.75 Å². The van der Waals surface area contributed by atoms with Gasteiger partial charge < -0.3 is 14.5 Å². The number of fused-ring (bicyclic) bond motifs is 2. The fourth-order valence-electron chi connectivity index (χ4n) is 2.90. The molecule has 1 atom stereocenters. The lowest BCUT2D eigenvalue weighted by atomic mass is 10.0. The van der Waals surface area contributed by atoms with Gasteiger partial charge in [0, 0.05) is 23.4 Å². The number of hydrogen-bond donors (Lipinski definition) is 1. The molecule has 0 bridgehead atoms. The van der Waals surface area contributed by atoms with Crippen molar-refractivity contribution in [3.8, 4) is 5.75 Å². The lowest BCUT2D eigenvalue weighted by molar-refractivity contribution is 0.250. The van der Waals surface area contributed by atoms with Crippen molar-refractivity contribution in [1.29, 1.82) is 0 Å². The van der Waals surface area contributed by atoms with E-state index in [0.29, 0.717) is 6.04 Å². The Labute approximate surface area is 123 Å². The average molecular weight is 279 g/mol. The van der Waals surface area contributed by atoms with E-state index in [2.05, 4.69) is 29.6 Å². The third-order valence-corrected chi connectivity index (χ3v) is 3.96. The van der Waals surface area contributed by atoms with Crippen LogP contribution in [0.3, 0.4) is 0 Å². The summed E-state index contributed by atoms with van der Waals surface area (Å²) in [7, 11) is 0. The van der Waals surface area contributed by atoms with Crippen LogP contribution in [0.25, 0.3) is 11.0 Å². The molecule has 0 amide bonds. The Morgan fingerprint density at radius 3 is 2.86 bits per heavy atom. The van der Waals surface area contributed by atoms with Gasteiger partial charge in [0.05, 0.1) is 13.2 Å². The smallest absolute Gasteiger partial charge is 0.134 e. The van der Waals surface area contributed by atoms with Gasteiger partial charge in [0.15, 0.2) is 0 Å². The maximum Gasteiger partial charge on any atom is 0.134 e. The Morgan fingerprint density at radius 2 is 1.90 bits per heavy atom. The van der Waals surface area contributed by atoms with Gasteiger partial charge in [-0.2, -0.15) is 0 Å². The van der Waals surface area contributed by atoms with E-state index in [-0.39, 0.29) is 0 Å². The Balaban J connectivity index is 1.52. The number of benzene rings is 2. The van der Waals surface area contributed by atoms with Crippen molar-refractivity contribution in [3.05, 3.63) is 65.9 Å². The quantitative estimate of drug-likeness (QED) is 0.785. The van der Waals surface area contributed by atoms with Crippen LogP contribution >= 0.6 is 0 Å². The summed E-state index contributed by atoms with van der Waals surface area (Å²) in [5.41, 5.74) is 2.18.